The first kappa shape index (κ1) is 21.8. The zero-order valence-electron chi connectivity index (χ0n) is 13.8. The fourth-order valence-electron chi connectivity index (χ4n) is 1.69. The number of nitrogens with zero attached hydrogens (tertiary/aromatic N) is 2. The van der Waals surface area contributed by atoms with E-state index in [0.29, 0.717) is 31.2 Å². The van der Waals surface area contributed by atoms with Crippen LogP contribution in [0.15, 0.2) is 46.6 Å². The zero-order valence-corrected chi connectivity index (χ0v) is 16.9. The molecule has 0 saturated heterocycles. The molecule has 0 aliphatic rings. The smallest absolute Gasteiger partial charge is 0.246 e. The van der Waals surface area contributed by atoms with Crippen molar-refractivity contribution in [3.05, 3.63) is 67.6 Å². The number of hydrazone groups is 2. The van der Waals surface area contributed by atoms with Crippen molar-refractivity contribution in [3.63, 3.8) is 0 Å². The maximum absolute atomic E-state index is 11.5. The summed E-state index contributed by atoms with van der Waals surface area (Å²) in [7, 11) is 0. The Balaban J connectivity index is 1.72. The summed E-state index contributed by atoms with van der Waals surface area (Å²) in [5.41, 5.74) is 9.68. The minimum Gasteiger partial charge on any atom is -0.246 e. The number of urea groups is 2. The van der Waals surface area contributed by atoms with Gasteiger partial charge >= 0.3 is 12.1 Å². The van der Waals surface area contributed by atoms with Gasteiger partial charge in [0, 0.05) is 0 Å². The molecule has 2 aromatic carbocycles. The van der Waals surface area contributed by atoms with Crippen molar-refractivity contribution >= 4 is 70.9 Å². The Morgan fingerprint density at radius 3 is 1.43 bits per heavy atom. The van der Waals surface area contributed by atoms with E-state index in [4.69, 9.17) is 46.4 Å². The Morgan fingerprint density at radius 1 is 0.679 bits per heavy atom. The maximum Gasteiger partial charge on any atom is 0.353 e. The third-order valence-electron chi connectivity index (χ3n) is 2.94. The summed E-state index contributed by atoms with van der Waals surface area (Å²) < 4.78 is 0. The summed E-state index contributed by atoms with van der Waals surface area (Å²) in [6.07, 6.45) is 2.70. The number of halogens is 4. The van der Waals surface area contributed by atoms with Crippen LogP contribution in [0, 0.1) is 0 Å². The van der Waals surface area contributed by atoms with Crippen LogP contribution in [-0.4, -0.2) is 24.5 Å². The molecule has 0 bridgehead atoms. The van der Waals surface area contributed by atoms with E-state index in [0.717, 1.165) is 0 Å². The van der Waals surface area contributed by atoms with E-state index in [2.05, 4.69) is 31.9 Å². The highest BCUT2D eigenvalue weighted by atomic mass is 35.5. The molecule has 12 heteroatoms. The van der Waals surface area contributed by atoms with Crippen molar-refractivity contribution in [1.82, 2.24) is 21.7 Å². The molecule has 0 atom stereocenters. The molecule has 28 heavy (non-hydrogen) atoms. The molecule has 0 aromatic heterocycles. The van der Waals surface area contributed by atoms with Gasteiger partial charge in [0.1, 0.15) is 0 Å². The molecule has 0 aliphatic heterocycles. The number of hydrazine groups is 1. The van der Waals surface area contributed by atoms with Crippen LogP contribution in [0.5, 0.6) is 0 Å². The van der Waals surface area contributed by atoms with Gasteiger partial charge in [-0.2, -0.15) is 10.2 Å². The van der Waals surface area contributed by atoms with E-state index in [1.807, 2.05) is 0 Å². The highest BCUT2D eigenvalue weighted by molar-refractivity contribution is 6.42. The van der Waals surface area contributed by atoms with Gasteiger partial charge in [0.05, 0.1) is 32.5 Å². The van der Waals surface area contributed by atoms with Crippen LogP contribution in [0.3, 0.4) is 0 Å². The van der Waals surface area contributed by atoms with Crippen molar-refractivity contribution in [2.75, 3.05) is 0 Å². The number of nitrogens with one attached hydrogen (secondary N) is 4. The van der Waals surface area contributed by atoms with E-state index < -0.39 is 12.1 Å². The second kappa shape index (κ2) is 10.7. The van der Waals surface area contributed by atoms with Crippen LogP contribution in [0.4, 0.5) is 9.59 Å². The van der Waals surface area contributed by atoms with Gasteiger partial charge in [-0.25, -0.2) is 31.3 Å². The topological polar surface area (TPSA) is 107 Å². The number of amides is 4. The fourth-order valence-corrected chi connectivity index (χ4v) is 2.30. The van der Waals surface area contributed by atoms with Crippen molar-refractivity contribution in [3.8, 4) is 0 Å². The van der Waals surface area contributed by atoms with E-state index in [9.17, 15) is 9.59 Å². The van der Waals surface area contributed by atoms with E-state index in [1.165, 1.54) is 12.4 Å². The predicted molar refractivity (Wildman–Crippen MR) is 111 cm³/mol. The molecule has 0 unspecified atom stereocenters. The number of hydrogen-bond donors (Lipinski definition) is 4. The number of carbonyl (C=O) groups is 2. The molecule has 146 valence electrons. The molecule has 0 aliphatic carbocycles. The largest absolute Gasteiger partial charge is 0.353 e. The first-order valence-corrected chi connectivity index (χ1v) is 8.94. The zero-order chi connectivity index (χ0) is 20.5. The summed E-state index contributed by atoms with van der Waals surface area (Å²) in [5, 5.41) is 8.91. The standard InChI is InChI=1S/C16H12Cl4N6O2/c17-11-3-1-9(5-13(11)19)7-21-23-15(27)25-26-16(28)24-22-8-10-2-4-12(18)14(20)6-10/h1-8H,(H2,23,25,27)(H2,24,26,28)/b21-7+,22-8+. The second-order valence-corrected chi connectivity index (χ2v) is 6.62. The Kier molecular flexibility index (Phi) is 8.34. The predicted octanol–water partition coefficient (Wildman–Crippen LogP) is 4.18. The Labute approximate surface area is 179 Å². The molecular formula is C16H12Cl4N6O2. The lowest BCUT2D eigenvalue weighted by Gasteiger charge is -2.05. The number of rotatable bonds is 4. The van der Waals surface area contributed by atoms with Gasteiger partial charge in [-0.1, -0.05) is 58.5 Å². The van der Waals surface area contributed by atoms with Gasteiger partial charge in [0.25, 0.3) is 0 Å². The molecule has 2 rings (SSSR count). The Bertz CT molecular complexity index is 860. The van der Waals surface area contributed by atoms with Crippen molar-refractivity contribution in [1.29, 1.82) is 0 Å². The highest BCUT2D eigenvalue weighted by Crippen LogP contribution is 2.22. The van der Waals surface area contributed by atoms with E-state index >= 15 is 0 Å². The molecule has 0 fully saturated rings. The van der Waals surface area contributed by atoms with Gasteiger partial charge < -0.3 is 0 Å². The number of benzene rings is 2. The minimum atomic E-state index is -0.778. The molecule has 0 heterocycles. The SMILES string of the molecule is O=C(N/N=C/c1ccc(Cl)c(Cl)c1)NNC(=O)N/N=C/c1ccc(Cl)c(Cl)c1. The molecule has 2 aromatic rings. The van der Waals surface area contributed by atoms with Crippen molar-refractivity contribution in [2.24, 2.45) is 10.2 Å². The van der Waals surface area contributed by atoms with Gasteiger partial charge in [-0.3, -0.25) is 0 Å². The fraction of sp³-hybridized carbons (Fsp3) is 0. The van der Waals surface area contributed by atoms with Crippen LogP contribution < -0.4 is 21.7 Å². The van der Waals surface area contributed by atoms with Gasteiger partial charge in [-0.05, 0) is 35.4 Å². The van der Waals surface area contributed by atoms with Gasteiger partial charge in [-0.15, -0.1) is 0 Å². The molecule has 0 saturated carbocycles. The van der Waals surface area contributed by atoms with Crippen LogP contribution in [0.2, 0.25) is 20.1 Å². The normalized spacial score (nSPS) is 10.9. The molecule has 4 N–H and O–H groups in total. The van der Waals surface area contributed by atoms with Crippen LogP contribution in [-0.2, 0) is 0 Å². The molecular weight excluding hydrogens is 450 g/mol. The van der Waals surface area contributed by atoms with Crippen LogP contribution in [0.1, 0.15) is 11.1 Å². The lowest BCUT2D eigenvalue weighted by molar-refractivity contribution is 0.225. The molecule has 0 radical (unpaired) electrons. The Morgan fingerprint density at radius 2 is 1.07 bits per heavy atom. The van der Waals surface area contributed by atoms with Crippen LogP contribution >= 0.6 is 46.4 Å². The van der Waals surface area contributed by atoms with E-state index in [-0.39, 0.29) is 0 Å². The number of hydrogen-bond acceptors (Lipinski definition) is 4. The summed E-state index contributed by atoms with van der Waals surface area (Å²) in [5.74, 6) is 0. The quantitative estimate of drug-likeness (QED) is 0.404. The summed E-state index contributed by atoms with van der Waals surface area (Å²) >= 11 is 23.3. The third kappa shape index (κ3) is 7.24. The van der Waals surface area contributed by atoms with Crippen molar-refractivity contribution < 1.29 is 9.59 Å². The van der Waals surface area contributed by atoms with Crippen LogP contribution in [0.25, 0.3) is 0 Å². The third-order valence-corrected chi connectivity index (χ3v) is 4.41. The van der Waals surface area contributed by atoms with Gasteiger partial charge in [0.2, 0.25) is 0 Å². The summed E-state index contributed by atoms with van der Waals surface area (Å²) in [6, 6.07) is 8.10. The van der Waals surface area contributed by atoms with E-state index in [1.54, 1.807) is 36.4 Å². The van der Waals surface area contributed by atoms with Crippen molar-refractivity contribution in [2.45, 2.75) is 0 Å². The molecule has 4 amide bonds. The maximum atomic E-state index is 11.5. The average molecular weight is 462 g/mol. The first-order chi connectivity index (χ1) is 13.3. The summed E-state index contributed by atoms with van der Waals surface area (Å²) in [6.45, 7) is 0. The summed E-state index contributed by atoms with van der Waals surface area (Å²) in [4.78, 5) is 23.1. The molecule has 8 nitrogen and oxygen atoms in total. The monoisotopic (exact) mass is 460 g/mol. The highest BCUT2D eigenvalue weighted by Gasteiger charge is 2.02. The minimum absolute atomic E-state index is 0.356. The second-order valence-electron chi connectivity index (χ2n) is 5.00. The number of carbonyl (C=O) groups excluding carboxylic acids is 2. The lowest BCUT2D eigenvalue weighted by atomic mass is 10.2. The van der Waals surface area contributed by atoms with Gasteiger partial charge in [0.15, 0.2) is 0 Å². The first-order valence-electron chi connectivity index (χ1n) is 7.43. The average Bonchev–Trinajstić information content (AvgIpc) is 2.66. The lowest BCUT2D eigenvalue weighted by Crippen LogP contribution is -2.48. The Hall–Kier alpha value is -2.52. The molecule has 0 spiro atoms.